The van der Waals surface area contributed by atoms with Gasteiger partial charge in [0.05, 0.1) is 0 Å². The van der Waals surface area contributed by atoms with Gasteiger partial charge in [-0.1, -0.05) is 54.6 Å². The van der Waals surface area contributed by atoms with Gasteiger partial charge in [-0.05, 0) is 53.1 Å². The van der Waals surface area contributed by atoms with Gasteiger partial charge >= 0.3 is 0 Å². The first-order valence-corrected chi connectivity index (χ1v) is 9.18. The number of phenolic OH excluding ortho intramolecular Hbond substituents is 2. The topological polar surface area (TPSA) is 49.7 Å². The lowest BCUT2D eigenvalue weighted by Gasteiger charge is -2.29. The first-order chi connectivity index (χ1) is 13.7. The van der Waals surface area contributed by atoms with E-state index in [9.17, 15) is 10.2 Å². The quantitative estimate of drug-likeness (QED) is 0.400. The summed E-state index contributed by atoms with van der Waals surface area (Å²) in [5, 5.41) is 20.1. The zero-order chi connectivity index (χ0) is 19.1. The van der Waals surface area contributed by atoms with Crippen molar-refractivity contribution in [3.63, 3.8) is 0 Å². The van der Waals surface area contributed by atoms with Crippen molar-refractivity contribution in [3.05, 3.63) is 108 Å². The maximum absolute atomic E-state index is 10.0. The van der Waals surface area contributed by atoms with E-state index in [1.807, 2.05) is 18.2 Å². The highest BCUT2D eigenvalue weighted by molar-refractivity contribution is 5.66. The third-order valence-corrected chi connectivity index (χ3v) is 5.18. The number of hydrogen-bond donors (Lipinski definition) is 2. The standard InChI is InChI=1S/C25H18O3/c26-19-10-12-23-21(14-19)25(22-15-20(27)11-13-24(22)28-23)18-8-6-17(7-9-18)16-4-2-1-3-5-16/h1-15,25-27H. The molecule has 28 heavy (non-hydrogen) atoms. The van der Waals surface area contributed by atoms with Crippen molar-refractivity contribution in [1.82, 2.24) is 0 Å². The van der Waals surface area contributed by atoms with Gasteiger partial charge in [0, 0.05) is 17.0 Å². The molecule has 0 amide bonds. The first-order valence-electron chi connectivity index (χ1n) is 9.18. The number of aromatic hydroxyl groups is 2. The van der Waals surface area contributed by atoms with Gasteiger partial charge in [0.2, 0.25) is 0 Å². The minimum absolute atomic E-state index is 0.136. The Hall–Kier alpha value is -3.72. The van der Waals surface area contributed by atoms with E-state index >= 15 is 0 Å². The number of rotatable bonds is 2. The normalized spacial score (nSPS) is 12.7. The second kappa shape index (κ2) is 6.46. The van der Waals surface area contributed by atoms with Crippen LogP contribution in [-0.2, 0) is 0 Å². The lowest BCUT2D eigenvalue weighted by molar-refractivity contribution is 0.436. The van der Waals surface area contributed by atoms with Gasteiger partial charge in [-0.15, -0.1) is 0 Å². The Labute approximate surface area is 163 Å². The lowest BCUT2D eigenvalue weighted by Crippen LogP contribution is -2.11. The van der Waals surface area contributed by atoms with Gasteiger partial charge in [0.1, 0.15) is 23.0 Å². The summed E-state index contributed by atoms with van der Waals surface area (Å²) in [6.45, 7) is 0. The molecule has 0 unspecified atom stereocenters. The molecule has 0 aromatic heterocycles. The van der Waals surface area contributed by atoms with Gasteiger partial charge in [-0.2, -0.15) is 0 Å². The molecule has 4 aromatic rings. The number of ether oxygens (including phenoxy) is 1. The van der Waals surface area contributed by atoms with Crippen LogP contribution in [0.4, 0.5) is 0 Å². The highest BCUT2D eigenvalue weighted by Crippen LogP contribution is 2.49. The molecule has 0 atom stereocenters. The second-order valence-corrected chi connectivity index (χ2v) is 6.97. The summed E-state index contributed by atoms with van der Waals surface area (Å²) in [4.78, 5) is 0. The molecule has 3 nitrogen and oxygen atoms in total. The molecule has 0 saturated carbocycles. The minimum Gasteiger partial charge on any atom is -0.508 e. The lowest BCUT2D eigenvalue weighted by atomic mass is 9.82. The Morgan fingerprint density at radius 2 is 1.11 bits per heavy atom. The van der Waals surface area contributed by atoms with Crippen molar-refractivity contribution in [2.24, 2.45) is 0 Å². The molecule has 1 aliphatic rings. The van der Waals surface area contributed by atoms with Crippen LogP contribution in [0.15, 0.2) is 91.0 Å². The zero-order valence-corrected chi connectivity index (χ0v) is 15.0. The van der Waals surface area contributed by atoms with Gasteiger partial charge in [0.15, 0.2) is 0 Å². The van der Waals surface area contributed by atoms with Gasteiger partial charge in [-0.25, -0.2) is 0 Å². The third-order valence-electron chi connectivity index (χ3n) is 5.18. The van der Waals surface area contributed by atoms with Gasteiger partial charge < -0.3 is 14.9 Å². The number of fused-ring (bicyclic) bond motifs is 2. The summed E-state index contributed by atoms with van der Waals surface area (Å²) < 4.78 is 6.01. The van der Waals surface area contributed by atoms with Crippen LogP contribution in [0, 0.1) is 0 Å². The van der Waals surface area contributed by atoms with Crippen molar-refractivity contribution < 1.29 is 14.9 Å². The van der Waals surface area contributed by atoms with Crippen molar-refractivity contribution in [1.29, 1.82) is 0 Å². The Morgan fingerprint density at radius 3 is 1.68 bits per heavy atom. The summed E-state index contributed by atoms with van der Waals surface area (Å²) in [5.41, 5.74) is 5.14. The fourth-order valence-electron chi connectivity index (χ4n) is 3.85. The molecule has 0 spiro atoms. The smallest absolute Gasteiger partial charge is 0.131 e. The molecule has 1 aliphatic heterocycles. The van der Waals surface area contributed by atoms with E-state index in [-0.39, 0.29) is 17.4 Å². The average molecular weight is 366 g/mol. The Bertz CT molecular complexity index is 1100. The van der Waals surface area contributed by atoms with Crippen LogP contribution in [0.5, 0.6) is 23.0 Å². The molecular weight excluding hydrogens is 348 g/mol. The SMILES string of the molecule is Oc1ccc2c(c1)C(c1ccc(-c3ccccc3)cc1)c1cc(O)ccc1O2. The Morgan fingerprint density at radius 1 is 0.571 bits per heavy atom. The van der Waals surface area contributed by atoms with Crippen LogP contribution < -0.4 is 4.74 Å². The van der Waals surface area contributed by atoms with Crippen LogP contribution in [0.1, 0.15) is 22.6 Å². The monoisotopic (exact) mass is 366 g/mol. The van der Waals surface area contributed by atoms with Crippen LogP contribution >= 0.6 is 0 Å². The molecule has 0 bridgehead atoms. The maximum atomic E-state index is 10.0. The molecule has 0 saturated heterocycles. The van der Waals surface area contributed by atoms with Crippen molar-refractivity contribution in [2.75, 3.05) is 0 Å². The van der Waals surface area contributed by atoms with E-state index in [0.717, 1.165) is 27.8 Å². The highest BCUT2D eigenvalue weighted by Gasteiger charge is 2.29. The number of phenols is 2. The molecule has 0 radical (unpaired) electrons. The first kappa shape index (κ1) is 16.5. The summed E-state index contributed by atoms with van der Waals surface area (Å²) in [6, 6.07) is 28.9. The minimum atomic E-state index is -0.136. The Balaban J connectivity index is 1.65. The van der Waals surface area contributed by atoms with E-state index < -0.39 is 0 Å². The molecule has 0 aliphatic carbocycles. The molecular formula is C25H18O3. The molecule has 2 N–H and O–H groups in total. The van der Waals surface area contributed by atoms with Crippen molar-refractivity contribution >= 4 is 0 Å². The second-order valence-electron chi connectivity index (χ2n) is 6.97. The molecule has 1 heterocycles. The zero-order valence-electron chi connectivity index (χ0n) is 15.0. The number of hydrogen-bond acceptors (Lipinski definition) is 3. The molecule has 0 fully saturated rings. The van der Waals surface area contributed by atoms with Crippen LogP contribution in [-0.4, -0.2) is 10.2 Å². The summed E-state index contributed by atoms with van der Waals surface area (Å²) in [5.74, 6) is 1.68. The predicted molar refractivity (Wildman–Crippen MR) is 109 cm³/mol. The predicted octanol–water partition coefficient (Wildman–Crippen LogP) is 6.05. The summed E-state index contributed by atoms with van der Waals surface area (Å²) >= 11 is 0. The molecule has 4 aromatic carbocycles. The summed E-state index contributed by atoms with van der Waals surface area (Å²) in [7, 11) is 0. The molecule has 3 heteroatoms. The summed E-state index contributed by atoms with van der Waals surface area (Å²) in [6.07, 6.45) is 0. The largest absolute Gasteiger partial charge is 0.508 e. The Kier molecular flexibility index (Phi) is 3.80. The average Bonchev–Trinajstić information content (AvgIpc) is 2.73. The van der Waals surface area contributed by atoms with E-state index in [0.29, 0.717) is 11.5 Å². The fourth-order valence-corrected chi connectivity index (χ4v) is 3.85. The maximum Gasteiger partial charge on any atom is 0.131 e. The van der Waals surface area contributed by atoms with Gasteiger partial charge in [-0.3, -0.25) is 0 Å². The van der Waals surface area contributed by atoms with E-state index in [1.54, 1.807) is 36.4 Å². The van der Waals surface area contributed by atoms with E-state index in [4.69, 9.17) is 4.74 Å². The number of benzene rings is 4. The van der Waals surface area contributed by atoms with Crippen molar-refractivity contribution in [3.8, 4) is 34.1 Å². The van der Waals surface area contributed by atoms with Crippen molar-refractivity contribution in [2.45, 2.75) is 5.92 Å². The fraction of sp³-hybridized carbons (Fsp3) is 0.0400. The van der Waals surface area contributed by atoms with E-state index in [2.05, 4.69) is 36.4 Å². The third kappa shape index (κ3) is 2.78. The molecule has 136 valence electrons. The highest BCUT2D eigenvalue weighted by atomic mass is 16.5. The van der Waals surface area contributed by atoms with Crippen LogP contribution in [0.2, 0.25) is 0 Å². The van der Waals surface area contributed by atoms with Crippen LogP contribution in [0.3, 0.4) is 0 Å². The van der Waals surface area contributed by atoms with Crippen LogP contribution in [0.25, 0.3) is 11.1 Å². The molecule has 5 rings (SSSR count). The van der Waals surface area contributed by atoms with Gasteiger partial charge in [0.25, 0.3) is 0 Å². The van der Waals surface area contributed by atoms with E-state index in [1.165, 1.54) is 0 Å².